The summed E-state index contributed by atoms with van der Waals surface area (Å²) in [6, 6.07) is 17.1. The average Bonchev–Trinajstić information content (AvgIpc) is 3.36. The van der Waals surface area contributed by atoms with E-state index in [4.69, 9.17) is 5.11 Å². The summed E-state index contributed by atoms with van der Waals surface area (Å²) in [5, 5.41) is 12.0. The second-order valence-electron chi connectivity index (χ2n) is 6.58. The van der Waals surface area contributed by atoms with Gasteiger partial charge in [0.05, 0.1) is 11.3 Å². The Morgan fingerprint density at radius 2 is 1.71 bits per heavy atom. The van der Waals surface area contributed by atoms with Gasteiger partial charge in [0.2, 0.25) is 5.91 Å². The molecular weight excluding hydrogens is 302 g/mol. The van der Waals surface area contributed by atoms with E-state index >= 15 is 0 Å². The van der Waals surface area contributed by atoms with E-state index in [0.29, 0.717) is 5.69 Å². The van der Waals surface area contributed by atoms with Gasteiger partial charge in [-0.2, -0.15) is 0 Å². The van der Waals surface area contributed by atoms with Gasteiger partial charge in [-0.05, 0) is 49.4 Å². The zero-order valence-corrected chi connectivity index (χ0v) is 13.7. The molecule has 4 nitrogen and oxygen atoms in total. The molecule has 2 aromatic carbocycles. The van der Waals surface area contributed by atoms with Crippen molar-refractivity contribution >= 4 is 17.6 Å². The largest absolute Gasteiger partial charge is 0.481 e. The van der Waals surface area contributed by atoms with Gasteiger partial charge in [-0.1, -0.05) is 42.5 Å². The van der Waals surface area contributed by atoms with Gasteiger partial charge in [0.15, 0.2) is 0 Å². The van der Waals surface area contributed by atoms with Gasteiger partial charge in [0, 0.05) is 5.69 Å². The first-order valence-corrected chi connectivity index (χ1v) is 8.18. The quantitative estimate of drug-likeness (QED) is 0.849. The molecule has 1 aliphatic rings. The summed E-state index contributed by atoms with van der Waals surface area (Å²) >= 11 is 0. The molecule has 1 unspecified atom stereocenters. The van der Waals surface area contributed by atoms with E-state index in [0.717, 1.165) is 24.8 Å². The van der Waals surface area contributed by atoms with Crippen LogP contribution < -0.4 is 5.32 Å². The maximum atomic E-state index is 12.6. The van der Waals surface area contributed by atoms with E-state index in [2.05, 4.69) is 17.4 Å². The van der Waals surface area contributed by atoms with E-state index in [1.54, 1.807) is 31.2 Å². The number of hydrogen-bond donors (Lipinski definition) is 2. The molecule has 4 heteroatoms. The third-order valence-electron chi connectivity index (χ3n) is 4.76. The van der Waals surface area contributed by atoms with Gasteiger partial charge < -0.3 is 10.4 Å². The number of carboxylic acids is 1. The second-order valence-corrected chi connectivity index (χ2v) is 6.58. The van der Waals surface area contributed by atoms with Crippen molar-refractivity contribution in [1.29, 1.82) is 0 Å². The molecule has 0 bridgehead atoms. The third kappa shape index (κ3) is 3.48. The highest BCUT2D eigenvalue weighted by atomic mass is 16.4. The molecule has 1 amide bonds. The highest BCUT2D eigenvalue weighted by Gasteiger charge is 2.49. The summed E-state index contributed by atoms with van der Waals surface area (Å²) in [6.45, 7) is 1.65. The molecule has 0 aromatic heterocycles. The SMILES string of the molecule is CC(C(=O)O)c1ccc(NC(=O)C2(Cc3ccccc3)CC2)cc1. The fraction of sp³-hybridized carbons (Fsp3) is 0.300. The number of amides is 1. The van der Waals surface area contributed by atoms with Gasteiger partial charge in [0.1, 0.15) is 0 Å². The lowest BCUT2D eigenvalue weighted by molar-refractivity contribution is -0.138. The summed E-state index contributed by atoms with van der Waals surface area (Å²) in [4.78, 5) is 23.6. The fourth-order valence-corrected chi connectivity index (χ4v) is 2.88. The maximum Gasteiger partial charge on any atom is 0.310 e. The summed E-state index contributed by atoms with van der Waals surface area (Å²) in [5.74, 6) is -1.36. The minimum absolute atomic E-state index is 0.0467. The van der Waals surface area contributed by atoms with Crippen LogP contribution in [0.2, 0.25) is 0 Å². The van der Waals surface area contributed by atoms with E-state index in [1.807, 2.05) is 18.2 Å². The maximum absolute atomic E-state index is 12.6. The first-order valence-electron chi connectivity index (χ1n) is 8.18. The molecule has 0 aliphatic heterocycles. The zero-order valence-electron chi connectivity index (χ0n) is 13.7. The molecule has 24 heavy (non-hydrogen) atoms. The number of rotatable bonds is 6. The predicted octanol–water partition coefficient (Wildman–Crippen LogP) is 3.84. The number of benzene rings is 2. The van der Waals surface area contributed by atoms with Gasteiger partial charge >= 0.3 is 5.97 Å². The smallest absolute Gasteiger partial charge is 0.310 e. The van der Waals surface area contributed by atoms with Crippen molar-refractivity contribution < 1.29 is 14.7 Å². The van der Waals surface area contributed by atoms with Crippen LogP contribution in [0.1, 0.15) is 36.8 Å². The number of hydrogen-bond acceptors (Lipinski definition) is 2. The van der Waals surface area contributed by atoms with E-state index in [9.17, 15) is 9.59 Å². The highest BCUT2D eigenvalue weighted by molar-refractivity contribution is 5.97. The standard InChI is InChI=1S/C20H21NO3/c1-14(18(22)23)16-7-9-17(10-8-16)21-19(24)20(11-12-20)13-15-5-3-2-4-6-15/h2-10,14H,11-13H2,1H3,(H,21,24)(H,22,23). The summed E-state index contributed by atoms with van der Waals surface area (Å²) in [7, 11) is 0. The molecule has 3 rings (SSSR count). The third-order valence-corrected chi connectivity index (χ3v) is 4.76. The number of anilines is 1. The minimum Gasteiger partial charge on any atom is -0.481 e. The molecule has 0 spiro atoms. The Hall–Kier alpha value is -2.62. The number of carbonyl (C=O) groups excluding carboxylic acids is 1. The van der Waals surface area contributed by atoms with Gasteiger partial charge in [0.25, 0.3) is 0 Å². The lowest BCUT2D eigenvalue weighted by Gasteiger charge is -2.16. The van der Waals surface area contributed by atoms with Crippen LogP contribution in [0, 0.1) is 5.41 Å². The van der Waals surface area contributed by atoms with Crippen molar-refractivity contribution in [2.24, 2.45) is 5.41 Å². The molecular formula is C20H21NO3. The van der Waals surface area contributed by atoms with Crippen molar-refractivity contribution in [3.05, 3.63) is 65.7 Å². The Morgan fingerprint density at radius 1 is 1.08 bits per heavy atom. The molecule has 0 saturated heterocycles. The lowest BCUT2D eigenvalue weighted by atomic mass is 9.95. The Labute approximate surface area is 141 Å². The molecule has 1 saturated carbocycles. The Kier molecular flexibility index (Phi) is 4.38. The van der Waals surface area contributed by atoms with E-state index < -0.39 is 11.9 Å². The van der Waals surface area contributed by atoms with Crippen molar-refractivity contribution in [2.75, 3.05) is 5.32 Å². The van der Waals surface area contributed by atoms with Gasteiger partial charge in [-0.25, -0.2) is 0 Å². The molecule has 2 N–H and O–H groups in total. The normalized spacial score (nSPS) is 16.2. The van der Waals surface area contributed by atoms with Crippen LogP contribution in [0.4, 0.5) is 5.69 Å². The van der Waals surface area contributed by atoms with Crippen LogP contribution in [-0.4, -0.2) is 17.0 Å². The Bertz CT molecular complexity index is 733. The van der Waals surface area contributed by atoms with Crippen LogP contribution >= 0.6 is 0 Å². The molecule has 1 aliphatic carbocycles. The zero-order chi connectivity index (χ0) is 17.2. The van der Waals surface area contributed by atoms with Crippen molar-refractivity contribution in [2.45, 2.75) is 32.1 Å². The van der Waals surface area contributed by atoms with Crippen LogP contribution in [0.25, 0.3) is 0 Å². The lowest BCUT2D eigenvalue weighted by Crippen LogP contribution is -2.26. The number of nitrogens with one attached hydrogen (secondary N) is 1. The van der Waals surface area contributed by atoms with Crippen LogP contribution in [-0.2, 0) is 16.0 Å². The number of aliphatic carboxylic acids is 1. The Balaban J connectivity index is 1.65. The minimum atomic E-state index is -0.855. The monoisotopic (exact) mass is 323 g/mol. The molecule has 124 valence electrons. The number of carboxylic acid groups (broad SMARTS) is 1. The number of carbonyl (C=O) groups is 2. The van der Waals surface area contributed by atoms with E-state index in [1.165, 1.54) is 5.56 Å². The average molecular weight is 323 g/mol. The molecule has 1 fully saturated rings. The highest BCUT2D eigenvalue weighted by Crippen LogP contribution is 2.49. The predicted molar refractivity (Wildman–Crippen MR) is 92.9 cm³/mol. The molecule has 0 radical (unpaired) electrons. The van der Waals surface area contributed by atoms with Crippen molar-refractivity contribution in [1.82, 2.24) is 0 Å². The summed E-state index contributed by atoms with van der Waals surface area (Å²) in [6.07, 6.45) is 2.57. The first-order chi connectivity index (χ1) is 11.5. The van der Waals surface area contributed by atoms with E-state index in [-0.39, 0.29) is 11.3 Å². The molecule has 1 atom stereocenters. The summed E-state index contributed by atoms with van der Waals surface area (Å²) < 4.78 is 0. The molecule has 0 heterocycles. The van der Waals surface area contributed by atoms with Crippen LogP contribution in [0.5, 0.6) is 0 Å². The second kappa shape index (κ2) is 6.48. The van der Waals surface area contributed by atoms with Gasteiger partial charge in [-0.15, -0.1) is 0 Å². The fourth-order valence-electron chi connectivity index (χ4n) is 2.88. The van der Waals surface area contributed by atoms with Crippen LogP contribution in [0.3, 0.4) is 0 Å². The first kappa shape index (κ1) is 16.2. The van der Waals surface area contributed by atoms with Crippen molar-refractivity contribution in [3.63, 3.8) is 0 Å². The summed E-state index contributed by atoms with van der Waals surface area (Å²) in [5.41, 5.74) is 2.32. The Morgan fingerprint density at radius 3 is 2.25 bits per heavy atom. The topological polar surface area (TPSA) is 66.4 Å². The van der Waals surface area contributed by atoms with Gasteiger partial charge in [-0.3, -0.25) is 9.59 Å². The van der Waals surface area contributed by atoms with Crippen LogP contribution in [0.15, 0.2) is 54.6 Å². The molecule has 2 aromatic rings. The van der Waals surface area contributed by atoms with Crippen molar-refractivity contribution in [3.8, 4) is 0 Å².